The Morgan fingerprint density at radius 1 is 1.14 bits per heavy atom. The Kier molecular flexibility index (Phi) is 2.83. The number of hydrogen-bond donors (Lipinski definition) is 2. The molecule has 0 aliphatic rings. The number of benzene rings is 2. The maximum Gasteiger partial charge on any atom is 0.417 e. The van der Waals surface area contributed by atoms with Crippen molar-refractivity contribution in [2.75, 3.05) is 5.73 Å². The largest absolute Gasteiger partial charge is 0.417 e. The van der Waals surface area contributed by atoms with Crippen molar-refractivity contribution < 1.29 is 18.0 Å². The molecule has 0 fully saturated rings. The zero-order chi connectivity index (χ0) is 15.1. The number of rotatable bonds is 2. The highest BCUT2D eigenvalue weighted by atomic mass is 19.2. The highest BCUT2D eigenvalue weighted by molar-refractivity contribution is 6.13. The van der Waals surface area contributed by atoms with Gasteiger partial charge in [-0.3, -0.25) is 9.78 Å². The number of hydrogen-bond acceptors (Lipinski definition) is 4. The lowest BCUT2D eigenvalue weighted by Crippen LogP contribution is -2.07. The Morgan fingerprint density at radius 2 is 1.86 bits per heavy atom. The van der Waals surface area contributed by atoms with Gasteiger partial charge in [-0.05, 0) is 24.3 Å². The lowest BCUT2D eigenvalue weighted by molar-refractivity contribution is 0.103. The number of aromatic amines is 1. The third kappa shape index (κ3) is 2.18. The van der Waals surface area contributed by atoms with Crippen LogP contribution in [0.15, 0.2) is 39.5 Å². The highest BCUT2D eigenvalue weighted by Gasteiger charge is 2.17. The molecule has 0 aliphatic carbocycles. The van der Waals surface area contributed by atoms with Crippen molar-refractivity contribution in [1.82, 2.24) is 4.98 Å². The van der Waals surface area contributed by atoms with Gasteiger partial charge in [0, 0.05) is 22.9 Å². The molecule has 7 heteroatoms. The molecule has 0 saturated carbocycles. The van der Waals surface area contributed by atoms with Crippen LogP contribution in [0, 0.1) is 11.6 Å². The van der Waals surface area contributed by atoms with Gasteiger partial charge in [-0.25, -0.2) is 13.6 Å². The molecular weight excluding hydrogens is 282 g/mol. The molecule has 0 aliphatic heterocycles. The maximum absolute atomic E-state index is 13.2. The minimum absolute atomic E-state index is 0.142. The van der Waals surface area contributed by atoms with E-state index in [1.807, 2.05) is 0 Å². The van der Waals surface area contributed by atoms with Gasteiger partial charge >= 0.3 is 5.76 Å². The summed E-state index contributed by atoms with van der Waals surface area (Å²) in [5.41, 5.74) is 5.96. The Morgan fingerprint density at radius 3 is 2.62 bits per heavy atom. The molecule has 3 rings (SSSR count). The fourth-order valence-electron chi connectivity index (χ4n) is 2.00. The monoisotopic (exact) mass is 290 g/mol. The molecule has 3 N–H and O–H groups in total. The summed E-state index contributed by atoms with van der Waals surface area (Å²) in [6, 6.07) is 5.72. The van der Waals surface area contributed by atoms with Crippen molar-refractivity contribution in [2.24, 2.45) is 0 Å². The summed E-state index contributed by atoms with van der Waals surface area (Å²) >= 11 is 0. The zero-order valence-electron chi connectivity index (χ0n) is 10.4. The van der Waals surface area contributed by atoms with Gasteiger partial charge in [-0.1, -0.05) is 0 Å². The number of nitrogen functional groups attached to an aromatic ring is 1. The van der Waals surface area contributed by atoms with Crippen LogP contribution >= 0.6 is 0 Å². The fraction of sp³-hybridized carbons (Fsp3) is 0. The molecule has 1 aromatic heterocycles. The van der Waals surface area contributed by atoms with Crippen molar-refractivity contribution in [2.45, 2.75) is 0 Å². The predicted octanol–water partition coefficient (Wildman–Crippen LogP) is 2.21. The average molecular weight is 290 g/mol. The average Bonchev–Trinajstić information content (AvgIpc) is 2.81. The van der Waals surface area contributed by atoms with Crippen LogP contribution in [0.25, 0.3) is 11.1 Å². The fourth-order valence-corrected chi connectivity index (χ4v) is 2.00. The molecule has 0 saturated heterocycles. The standard InChI is InChI=1S/C14H8F2N2O3/c15-8-4-7(10(17)5-9(8)16)13(19)6-1-2-11-12(3-6)21-14(20)18-11/h1-5H,17H2,(H,18,20). The minimum Gasteiger partial charge on any atom is -0.408 e. The first-order chi connectivity index (χ1) is 9.95. The number of anilines is 1. The second-order valence-corrected chi connectivity index (χ2v) is 4.41. The Hall–Kier alpha value is -2.96. The summed E-state index contributed by atoms with van der Waals surface area (Å²) in [6.45, 7) is 0. The van der Waals surface area contributed by atoms with Crippen LogP contribution in [-0.2, 0) is 0 Å². The minimum atomic E-state index is -1.16. The lowest BCUT2D eigenvalue weighted by atomic mass is 10.0. The Labute approximate surface area is 116 Å². The molecule has 0 amide bonds. The van der Waals surface area contributed by atoms with Gasteiger partial charge in [-0.15, -0.1) is 0 Å². The van der Waals surface area contributed by atoms with E-state index in [1.54, 1.807) is 0 Å². The number of ketones is 1. The molecule has 0 atom stereocenters. The zero-order valence-corrected chi connectivity index (χ0v) is 10.4. The Balaban J connectivity index is 2.11. The van der Waals surface area contributed by atoms with Crippen LogP contribution < -0.4 is 11.5 Å². The molecule has 5 nitrogen and oxygen atoms in total. The second-order valence-electron chi connectivity index (χ2n) is 4.41. The number of H-pyrrole nitrogens is 1. The predicted molar refractivity (Wildman–Crippen MR) is 71.0 cm³/mol. The molecule has 0 spiro atoms. The van der Waals surface area contributed by atoms with E-state index in [0.29, 0.717) is 5.52 Å². The first-order valence-corrected chi connectivity index (χ1v) is 5.88. The summed E-state index contributed by atoms with van der Waals surface area (Å²) in [7, 11) is 0. The molecule has 0 radical (unpaired) electrons. The third-order valence-electron chi connectivity index (χ3n) is 3.02. The van der Waals surface area contributed by atoms with E-state index < -0.39 is 23.2 Å². The summed E-state index contributed by atoms with van der Waals surface area (Å²) < 4.78 is 31.1. The van der Waals surface area contributed by atoms with Gasteiger partial charge in [0.15, 0.2) is 23.0 Å². The Bertz CT molecular complexity index is 928. The quantitative estimate of drug-likeness (QED) is 0.559. The van der Waals surface area contributed by atoms with Crippen LogP contribution in [0.1, 0.15) is 15.9 Å². The normalized spacial score (nSPS) is 11.0. The number of halogens is 2. The SMILES string of the molecule is Nc1cc(F)c(F)cc1C(=O)c1ccc2[nH]c(=O)oc2c1. The molecule has 106 valence electrons. The summed E-state index contributed by atoms with van der Waals surface area (Å²) in [5.74, 6) is -3.54. The first-order valence-electron chi connectivity index (χ1n) is 5.88. The van der Waals surface area contributed by atoms with Crippen LogP contribution in [0.3, 0.4) is 0 Å². The summed E-state index contributed by atoms with van der Waals surface area (Å²) in [5, 5.41) is 0. The molecule has 21 heavy (non-hydrogen) atoms. The van der Waals surface area contributed by atoms with Crippen LogP contribution in [0.5, 0.6) is 0 Å². The number of aromatic nitrogens is 1. The van der Waals surface area contributed by atoms with E-state index in [0.717, 1.165) is 12.1 Å². The topological polar surface area (TPSA) is 89.1 Å². The van der Waals surface area contributed by atoms with Gasteiger partial charge in [0.1, 0.15) is 0 Å². The number of carbonyl (C=O) groups is 1. The lowest BCUT2D eigenvalue weighted by Gasteiger charge is -2.05. The number of fused-ring (bicyclic) bond motifs is 1. The number of nitrogens with one attached hydrogen (secondary N) is 1. The van der Waals surface area contributed by atoms with E-state index in [4.69, 9.17) is 10.2 Å². The van der Waals surface area contributed by atoms with Crippen molar-refractivity contribution in [3.8, 4) is 0 Å². The molecule has 0 bridgehead atoms. The molecular formula is C14H8F2N2O3. The van der Waals surface area contributed by atoms with Crippen molar-refractivity contribution in [3.05, 3.63) is 63.6 Å². The van der Waals surface area contributed by atoms with Crippen molar-refractivity contribution >= 4 is 22.6 Å². The summed E-state index contributed by atoms with van der Waals surface area (Å²) in [4.78, 5) is 25.8. The van der Waals surface area contributed by atoms with E-state index >= 15 is 0 Å². The third-order valence-corrected chi connectivity index (χ3v) is 3.02. The van der Waals surface area contributed by atoms with Gasteiger partial charge in [-0.2, -0.15) is 0 Å². The molecule has 2 aromatic carbocycles. The summed E-state index contributed by atoms with van der Waals surface area (Å²) in [6.07, 6.45) is 0. The van der Waals surface area contributed by atoms with Gasteiger partial charge in [0.25, 0.3) is 0 Å². The molecule has 3 aromatic rings. The second kappa shape index (κ2) is 4.55. The van der Waals surface area contributed by atoms with Crippen LogP contribution in [0.2, 0.25) is 0 Å². The molecule has 1 heterocycles. The van der Waals surface area contributed by atoms with E-state index in [1.165, 1.54) is 18.2 Å². The highest BCUT2D eigenvalue weighted by Crippen LogP contribution is 2.22. The number of carbonyl (C=O) groups excluding carboxylic acids is 1. The molecule has 0 unspecified atom stereocenters. The first kappa shape index (κ1) is 13.0. The van der Waals surface area contributed by atoms with E-state index in [9.17, 15) is 18.4 Å². The van der Waals surface area contributed by atoms with E-state index in [2.05, 4.69) is 4.98 Å². The van der Waals surface area contributed by atoms with Gasteiger partial charge < -0.3 is 10.2 Å². The van der Waals surface area contributed by atoms with Gasteiger partial charge in [0.05, 0.1) is 5.52 Å². The van der Waals surface area contributed by atoms with E-state index in [-0.39, 0.29) is 22.4 Å². The van der Waals surface area contributed by atoms with Crippen LogP contribution in [0.4, 0.5) is 14.5 Å². The number of oxazole rings is 1. The number of nitrogens with two attached hydrogens (primary N) is 1. The maximum atomic E-state index is 13.2. The van der Waals surface area contributed by atoms with Crippen molar-refractivity contribution in [1.29, 1.82) is 0 Å². The smallest absolute Gasteiger partial charge is 0.408 e. The van der Waals surface area contributed by atoms with Crippen molar-refractivity contribution in [3.63, 3.8) is 0 Å². The van der Waals surface area contributed by atoms with Crippen LogP contribution in [-0.4, -0.2) is 10.8 Å². The van der Waals surface area contributed by atoms with Gasteiger partial charge in [0.2, 0.25) is 0 Å².